The van der Waals surface area contributed by atoms with Crippen LogP contribution >= 0.6 is 11.3 Å². The van der Waals surface area contributed by atoms with Gasteiger partial charge in [0, 0.05) is 29.6 Å². The number of carbonyl (C=O) groups excluding carboxylic acids is 1. The number of nitrogens with zero attached hydrogens (tertiary/aromatic N) is 3. The summed E-state index contributed by atoms with van der Waals surface area (Å²) < 4.78 is 0. The Kier molecular flexibility index (Phi) is 6.53. The fourth-order valence-electron chi connectivity index (χ4n) is 3.92. The highest BCUT2D eigenvalue weighted by Crippen LogP contribution is 2.33. The minimum absolute atomic E-state index is 0.174. The van der Waals surface area contributed by atoms with Crippen molar-refractivity contribution in [2.75, 3.05) is 25.0 Å². The summed E-state index contributed by atoms with van der Waals surface area (Å²) in [5.74, 6) is 0.238. The van der Waals surface area contributed by atoms with Gasteiger partial charge in [-0.2, -0.15) is 5.26 Å². The molecule has 4 rings (SSSR count). The minimum atomic E-state index is -0.174. The molecule has 1 amide bonds. The number of para-hydroxylation sites is 1. The summed E-state index contributed by atoms with van der Waals surface area (Å²) in [6, 6.07) is 20.2. The van der Waals surface area contributed by atoms with Gasteiger partial charge in [0.15, 0.2) is 0 Å². The predicted octanol–water partition coefficient (Wildman–Crippen LogP) is 5.16. The first kappa shape index (κ1) is 20.3. The van der Waals surface area contributed by atoms with Crippen LogP contribution in [0.25, 0.3) is 10.6 Å². The molecule has 1 aliphatic rings. The molecular weight excluding hydrogens is 392 g/mol. The summed E-state index contributed by atoms with van der Waals surface area (Å²) in [7, 11) is 0. The van der Waals surface area contributed by atoms with Gasteiger partial charge < -0.3 is 10.2 Å². The third-order valence-corrected chi connectivity index (χ3v) is 6.43. The standard InChI is InChI=1S/C24H24N4OS/c25-13-6-14-28-15-11-18(12-16-28)20-9-4-5-10-21(20)26-23(29)22-17-30-24(27-22)19-7-2-1-3-8-19/h1-5,7-10,17-18H,6,11-12,14-16H2,(H,26,29). The summed E-state index contributed by atoms with van der Waals surface area (Å²) in [6.45, 7) is 2.82. The average molecular weight is 417 g/mol. The topological polar surface area (TPSA) is 69.0 Å². The summed E-state index contributed by atoms with van der Waals surface area (Å²) in [4.78, 5) is 19.7. The van der Waals surface area contributed by atoms with E-state index in [1.807, 2.05) is 53.9 Å². The van der Waals surface area contributed by atoms with E-state index < -0.39 is 0 Å². The van der Waals surface area contributed by atoms with E-state index >= 15 is 0 Å². The van der Waals surface area contributed by atoms with E-state index in [4.69, 9.17) is 5.26 Å². The Bertz CT molecular complexity index is 1030. The number of nitrogens with one attached hydrogen (secondary N) is 1. The number of likely N-dealkylation sites (tertiary alicyclic amines) is 1. The summed E-state index contributed by atoms with van der Waals surface area (Å²) in [6.07, 6.45) is 2.65. The highest BCUT2D eigenvalue weighted by atomic mass is 32.1. The molecule has 0 bridgehead atoms. The van der Waals surface area contributed by atoms with Crippen LogP contribution in [0.2, 0.25) is 0 Å². The van der Waals surface area contributed by atoms with Gasteiger partial charge in [0.25, 0.3) is 5.91 Å². The lowest BCUT2D eigenvalue weighted by atomic mass is 9.88. The van der Waals surface area contributed by atoms with Crippen LogP contribution in [0.5, 0.6) is 0 Å². The van der Waals surface area contributed by atoms with Crippen LogP contribution in [0.1, 0.15) is 41.2 Å². The lowest BCUT2D eigenvalue weighted by Gasteiger charge is -2.32. The molecule has 1 saturated heterocycles. The summed E-state index contributed by atoms with van der Waals surface area (Å²) in [5.41, 5.74) is 3.52. The maximum Gasteiger partial charge on any atom is 0.275 e. The van der Waals surface area contributed by atoms with Crippen molar-refractivity contribution in [2.45, 2.75) is 25.2 Å². The van der Waals surface area contributed by atoms with E-state index in [2.05, 4.69) is 27.3 Å². The van der Waals surface area contributed by atoms with Crippen LogP contribution in [0.3, 0.4) is 0 Å². The fourth-order valence-corrected chi connectivity index (χ4v) is 4.73. The predicted molar refractivity (Wildman–Crippen MR) is 121 cm³/mol. The van der Waals surface area contributed by atoms with Gasteiger partial charge in [0.1, 0.15) is 10.7 Å². The number of carbonyl (C=O) groups is 1. The van der Waals surface area contributed by atoms with E-state index in [1.165, 1.54) is 16.9 Å². The van der Waals surface area contributed by atoms with Gasteiger partial charge >= 0.3 is 0 Å². The van der Waals surface area contributed by atoms with Crippen LogP contribution in [0, 0.1) is 11.3 Å². The van der Waals surface area contributed by atoms with Crippen molar-refractivity contribution in [1.29, 1.82) is 5.26 Å². The molecule has 152 valence electrons. The largest absolute Gasteiger partial charge is 0.320 e. The zero-order valence-electron chi connectivity index (χ0n) is 16.8. The van der Waals surface area contributed by atoms with Gasteiger partial charge in [0.2, 0.25) is 0 Å². The Morgan fingerprint density at radius 1 is 1.13 bits per heavy atom. The van der Waals surface area contributed by atoms with Gasteiger partial charge in [-0.05, 0) is 43.5 Å². The zero-order valence-corrected chi connectivity index (χ0v) is 17.6. The van der Waals surface area contributed by atoms with E-state index in [-0.39, 0.29) is 5.91 Å². The van der Waals surface area contributed by atoms with E-state index in [9.17, 15) is 4.79 Å². The molecule has 2 heterocycles. The van der Waals surface area contributed by atoms with Crippen molar-refractivity contribution in [3.8, 4) is 16.6 Å². The van der Waals surface area contributed by atoms with Crippen molar-refractivity contribution in [3.05, 3.63) is 71.2 Å². The molecule has 1 fully saturated rings. The van der Waals surface area contributed by atoms with Crippen molar-refractivity contribution < 1.29 is 4.79 Å². The van der Waals surface area contributed by atoms with Crippen LogP contribution in [-0.2, 0) is 0 Å². The lowest BCUT2D eigenvalue weighted by Crippen LogP contribution is -2.33. The Hall–Kier alpha value is -3.01. The molecule has 6 heteroatoms. The molecule has 30 heavy (non-hydrogen) atoms. The van der Waals surface area contributed by atoms with Gasteiger partial charge in [-0.3, -0.25) is 4.79 Å². The third kappa shape index (κ3) is 4.76. The Morgan fingerprint density at radius 3 is 2.63 bits per heavy atom. The molecule has 0 radical (unpaired) electrons. The number of benzene rings is 2. The van der Waals surface area contributed by atoms with Crippen LogP contribution < -0.4 is 5.32 Å². The number of hydrogen-bond acceptors (Lipinski definition) is 5. The quantitative estimate of drug-likeness (QED) is 0.603. The van der Waals surface area contributed by atoms with Crippen molar-refractivity contribution in [2.24, 2.45) is 0 Å². The van der Waals surface area contributed by atoms with Crippen molar-refractivity contribution in [1.82, 2.24) is 9.88 Å². The lowest BCUT2D eigenvalue weighted by molar-refractivity contribution is 0.102. The number of nitriles is 1. The van der Waals surface area contributed by atoms with Crippen molar-refractivity contribution in [3.63, 3.8) is 0 Å². The second kappa shape index (κ2) is 9.66. The molecule has 0 aliphatic carbocycles. The molecule has 0 spiro atoms. The molecule has 0 atom stereocenters. The molecule has 5 nitrogen and oxygen atoms in total. The number of hydrogen-bond donors (Lipinski definition) is 1. The zero-order chi connectivity index (χ0) is 20.8. The SMILES string of the molecule is N#CCCN1CCC(c2ccccc2NC(=O)c2csc(-c3ccccc3)n2)CC1. The number of aromatic nitrogens is 1. The Balaban J connectivity index is 1.44. The molecule has 1 N–H and O–H groups in total. The molecular formula is C24H24N4OS. The van der Waals surface area contributed by atoms with Gasteiger partial charge in [-0.25, -0.2) is 4.98 Å². The maximum atomic E-state index is 12.9. The van der Waals surface area contributed by atoms with Gasteiger partial charge in [-0.15, -0.1) is 11.3 Å². The van der Waals surface area contributed by atoms with E-state index in [1.54, 1.807) is 0 Å². The Labute approximate surface area is 181 Å². The number of rotatable bonds is 6. The van der Waals surface area contributed by atoms with Crippen LogP contribution in [0.15, 0.2) is 60.0 Å². The van der Waals surface area contributed by atoms with Gasteiger partial charge in [-0.1, -0.05) is 48.5 Å². The average Bonchev–Trinajstić information content (AvgIpc) is 3.30. The van der Waals surface area contributed by atoms with Crippen molar-refractivity contribution >= 4 is 22.9 Å². The fraction of sp³-hybridized carbons (Fsp3) is 0.292. The number of anilines is 1. The first-order chi connectivity index (χ1) is 14.7. The van der Waals surface area contributed by atoms with E-state index in [0.29, 0.717) is 18.0 Å². The number of piperidine rings is 1. The minimum Gasteiger partial charge on any atom is -0.320 e. The van der Waals surface area contributed by atoms with Gasteiger partial charge in [0.05, 0.1) is 6.07 Å². The number of amides is 1. The molecule has 1 aliphatic heterocycles. The monoisotopic (exact) mass is 416 g/mol. The highest BCUT2D eigenvalue weighted by Gasteiger charge is 2.23. The second-order valence-corrected chi connectivity index (χ2v) is 8.33. The molecule has 0 unspecified atom stereocenters. The Morgan fingerprint density at radius 2 is 1.87 bits per heavy atom. The number of thiazole rings is 1. The summed E-state index contributed by atoms with van der Waals surface area (Å²) in [5, 5.41) is 14.5. The molecule has 3 aromatic rings. The van der Waals surface area contributed by atoms with Crippen LogP contribution in [0.4, 0.5) is 5.69 Å². The van der Waals surface area contributed by atoms with Crippen LogP contribution in [-0.4, -0.2) is 35.4 Å². The molecule has 1 aromatic heterocycles. The summed E-state index contributed by atoms with van der Waals surface area (Å²) >= 11 is 1.48. The van der Waals surface area contributed by atoms with E-state index in [0.717, 1.165) is 48.7 Å². The third-order valence-electron chi connectivity index (χ3n) is 5.53. The first-order valence-corrected chi connectivity index (χ1v) is 11.1. The normalized spacial score (nSPS) is 14.9. The second-order valence-electron chi connectivity index (χ2n) is 7.47. The molecule has 0 saturated carbocycles. The smallest absolute Gasteiger partial charge is 0.275 e. The first-order valence-electron chi connectivity index (χ1n) is 10.2. The molecule has 2 aromatic carbocycles. The highest BCUT2D eigenvalue weighted by molar-refractivity contribution is 7.13. The maximum absolute atomic E-state index is 12.9.